The lowest BCUT2D eigenvalue weighted by atomic mass is 9.93. The van der Waals surface area contributed by atoms with Crippen molar-refractivity contribution in [2.75, 3.05) is 31.5 Å². The number of rotatable bonds is 5. The summed E-state index contributed by atoms with van der Waals surface area (Å²) in [7, 11) is 0. The van der Waals surface area contributed by atoms with Crippen LogP contribution in [0, 0.1) is 10.1 Å². The molecule has 9 heteroatoms. The summed E-state index contributed by atoms with van der Waals surface area (Å²) in [5.41, 5.74) is 5.16. The largest absolute Gasteiger partial charge is 0.336 e. The van der Waals surface area contributed by atoms with Crippen LogP contribution >= 0.6 is 0 Å². The standard InChI is InChI=1S/C29H28N6O3/c1-20-26(28(36)33-17-15-32(16-18-33)19-21-7-3-2-4-8-21)27(22-11-13-23(14-12-22)35(37)38)34-25-10-6-5-9-24(25)31-29(34)30-20/h2-14,27H,15-19H2,1H3,(H,30,31)/t27-/m0/s1. The molecule has 1 fully saturated rings. The molecule has 0 aliphatic carbocycles. The van der Waals surface area contributed by atoms with Gasteiger partial charge in [-0.1, -0.05) is 42.5 Å². The molecule has 0 bridgehead atoms. The number of hydrogen-bond acceptors (Lipinski definition) is 6. The van der Waals surface area contributed by atoms with Gasteiger partial charge in [-0.3, -0.25) is 24.4 Å². The number of carbonyl (C=O) groups excluding carboxylic acids is 1. The number of nitrogens with zero attached hydrogens (tertiary/aromatic N) is 5. The van der Waals surface area contributed by atoms with Crippen LogP contribution in [0.3, 0.4) is 0 Å². The Morgan fingerprint density at radius 3 is 2.37 bits per heavy atom. The SMILES string of the molecule is CC1=C(C(=O)N2CCN(Cc3ccccc3)CC2)[C@H](c2ccc([N+](=O)[O-])cc2)n2c(nc3ccccc32)N1. The van der Waals surface area contributed by atoms with Crippen molar-refractivity contribution in [2.45, 2.75) is 19.5 Å². The van der Waals surface area contributed by atoms with Crippen molar-refractivity contribution in [3.63, 3.8) is 0 Å². The number of amides is 1. The zero-order chi connectivity index (χ0) is 26.2. The molecule has 1 atom stereocenters. The topological polar surface area (TPSA) is 96.5 Å². The smallest absolute Gasteiger partial charge is 0.269 e. The molecule has 0 unspecified atom stereocenters. The molecule has 3 aromatic carbocycles. The molecule has 1 aromatic heterocycles. The molecule has 9 nitrogen and oxygen atoms in total. The van der Waals surface area contributed by atoms with E-state index in [1.165, 1.54) is 17.7 Å². The zero-order valence-corrected chi connectivity index (χ0v) is 21.1. The minimum absolute atomic E-state index is 0.0153. The van der Waals surface area contributed by atoms with Crippen LogP contribution in [0.4, 0.5) is 11.6 Å². The number of allylic oxidation sites excluding steroid dienone is 1. The van der Waals surface area contributed by atoms with Crippen molar-refractivity contribution in [3.05, 3.63) is 111 Å². The Morgan fingerprint density at radius 1 is 0.974 bits per heavy atom. The van der Waals surface area contributed by atoms with Gasteiger partial charge in [0.2, 0.25) is 5.95 Å². The van der Waals surface area contributed by atoms with E-state index < -0.39 is 11.0 Å². The van der Waals surface area contributed by atoms with E-state index in [9.17, 15) is 14.9 Å². The number of benzene rings is 3. The van der Waals surface area contributed by atoms with E-state index in [0.717, 1.165) is 41.9 Å². The lowest BCUT2D eigenvalue weighted by Crippen LogP contribution is -2.49. The summed E-state index contributed by atoms with van der Waals surface area (Å²) < 4.78 is 2.03. The van der Waals surface area contributed by atoms with Crippen molar-refractivity contribution in [1.82, 2.24) is 19.4 Å². The predicted octanol–water partition coefficient (Wildman–Crippen LogP) is 4.58. The number of anilines is 1. The van der Waals surface area contributed by atoms with Crippen LogP contribution in [0.5, 0.6) is 0 Å². The van der Waals surface area contributed by atoms with Crippen molar-refractivity contribution in [2.24, 2.45) is 0 Å². The minimum Gasteiger partial charge on any atom is -0.336 e. The predicted molar refractivity (Wildman–Crippen MR) is 146 cm³/mol. The first kappa shape index (κ1) is 23.9. The van der Waals surface area contributed by atoms with E-state index >= 15 is 0 Å². The molecule has 38 heavy (non-hydrogen) atoms. The van der Waals surface area contributed by atoms with Gasteiger partial charge in [0, 0.05) is 50.6 Å². The highest BCUT2D eigenvalue weighted by molar-refractivity contribution is 5.98. The van der Waals surface area contributed by atoms with Crippen LogP contribution in [0.1, 0.15) is 24.1 Å². The summed E-state index contributed by atoms with van der Waals surface area (Å²) in [6.45, 7) is 5.62. The van der Waals surface area contributed by atoms with Gasteiger partial charge in [0.05, 0.1) is 27.6 Å². The molecule has 6 rings (SSSR count). The van der Waals surface area contributed by atoms with Gasteiger partial charge in [0.15, 0.2) is 0 Å². The van der Waals surface area contributed by atoms with Crippen LogP contribution in [-0.4, -0.2) is 56.4 Å². The van der Waals surface area contributed by atoms with Gasteiger partial charge in [0.25, 0.3) is 11.6 Å². The first-order valence-electron chi connectivity index (χ1n) is 12.7. The third-order valence-electron chi connectivity index (χ3n) is 7.39. The zero-order valence-electron chi connectivity index (χ0n) is 21.1. The van der Waals surface area contributed by atoms with Crippen LogP contribution in [0.25, 0.3) is 11.0 Å². The normalized spacial score (nSPS) is 17.8. The molecule has 1 amide bonds. The Balaban J connectivity index is 1.33. The second-order valence-corrected chi connectivity index (χ2v) is 9.76. The van der Waals surface area contributed by atoms with Crippen molar-refractivity contribution in [1.29, 1.82) is 0 Å². The second kappa shape index (κ2) is 9.75. The van der Waals surface area contributed by atoms with Gasteiger partial charge in [-0.05, 0) is 42.3 Å². The van der Waals surface area contributed by atoms with Crippen molar-refractivity contribution < 1.29 is 9.72 Å². The lowest BCUT2D eigenvalue weighted by molar-refractivity contribution is -0.384. The Hall–Kier alpha value is -4.50. The molecule has 192 valence electrons. The number of nitro benzene ring substituents is 1. The molecule has 0 spiro atoms. The highest BCUT2D eigenvalue weighted by atomic mass is 16.6. The number of non-ortho nitro benzene ring substituents is 1. The average Bonchev–Trinajstić information content (AvgIpc) is 3.31. The van der Waals surface area contributed by atoms with E-state index in [4.69, 9.17) is 4.98 Å². The van der Waals surface area contributed by atoms with Crippen LogP contribution in [0.2, 0.25) is 0 Å². The van der Waals surface area contributed by atoms with Crippen molar-refractivity contribution in [3.8, 4) is 0 Å². The summed E-state index contributed by atoms with van der Waals surface area (Å²) in [5.74, 6) is 0.623. The van der Waals surface area contributed by atoms with Gasteiger partial charge in [-0.25, -0.2) is 4.98 Å². The van der Waals surface area contributed by atoms with Gasteiger partial charge in [-0.15, -0.1) is 0 Å². The molecule has 2 aliphatic rings. The molecule has 0 radical (unpaired) electrons. The van der Waals surface area contributed by atoms with E-state index in [0.29, 0.717) is 24.6 Å². The molecular formula is C29H28N6O3. The Morgan fingerprint density at radius 2 is 1.66 bits per heavy atom. The van der Waals surface area contributed by atoms with E-state index in [1.807, 2.05) is 58.9 Å². The van der Waals surface area contributed by atoms with E-state index in [2.05, 4.69) is 22.3 Å². The Bertz CT molecular complexity index is 1540. The third-order valence-corrected chi connectivity index (χ3v) is 7.39. The van der Waals surface area contributed by atoms with Gasteiger partial charge in [-0.2, -0.15) is 0 Å². The number of nitro groups is 1. The van der Waals surface area contributed by atoms with Crippen LogP contribution in [0.15, 0.2) is 90.1 Å². The van der Waals surface area contributed by atoms with E-state index in [-0.39, 0.29) is 11.6 Å². The maximum absolute atomic E-state index is 14.1. The minimum atomic E-state index is -0.464. The fourth-order valence-electron chi connectivity index (χ4n) is 5.46. The highest BCUT2D eigenvalue weighted by Gasteiger charge is 2.37. The molecular weight excluding hydrogens is 480 g/mol. The fourth-order valence-corrected chi connectivity index (χ4v) is 5.46. The molecule has 4 aromatic rings. The maximum Gasteiger partial charge on any atom is 0.269 e. The number of nitrogens with one attached hydrogen (secondary N) is 1. The molecule has 1 saturated heterocycles. The number of para-hydroxylation sites is 2. The first-order chi connectivity index (χ1) is 18.5. The third kappa shape index (κ3) is 4.31. The number of hydrogen-bond donors (Lipinski definition) is 1. The Kier molecular flexibility index (Phi) is 6.13. The summed E-state index contributed by atoms with van der Waals surface area (Å²) in [6, 6.07) is 24.2. The summed E-state index contributed by atoms with van der Waals surface area (Å²) in [5, 5.41) is 14.7. The van der Waals surface area contributed by atoms with Crippen molar-refractivity contribution >= 4 is 28.6 Å². The summed E-state index contributed by atoms with van der Waals surface area (Å²) in [4.78, 5) is 34.1. The number of fused-ring (bicyclic) bond motifs is 3. The quantitative estimate of drug-likeness (QED) is 0.313. The summed E-state index contributed by atoms with van der Waals surface area (Å²) >= 11 is 0. The summed E-state index contributed by atoms with van der Waals surface area (Å²) in [6.07, 6.45) is 0. The number of carbonyl (C=O) groups is 1. The molecule has 2 aliphatic heterocycles. The van der Waals surface area contributed by atoms with Gasteiger partial charge < -0.3 is 10.2 Å². The van der Waals surface area contributed by atoms with Crippen LogP contribution in [-0.2, 0) is 11.3 Å². The fraction of sp³-hybridized carbons (Fsp3) is 0.241. The molecule has 0 saturated carbocycles. The highest BCUT2D eigenvalue weighted by Crippen LogP contribution is 2.40. The average molecular weight is 509 g/mol. The van der Waals surface area contributed by atoms with Gasteiger partial charge >= 0.3 is 0 Å². The Labute approximate surface area is 220 Å². The monoisotopic (exact) mass is 508 g/mol. The maximum atomic E-state index is 14.1. The number of piperazine rings is 1. The molecule has 1 N–H and O–H groups in total. The number of aromatic nitrogens is 2. The second-order valence-electron chi connectivity index (χ2n) is 9.76. The van der Waals surface area contributed by atoms with Gasteiger partial charge in [0.1, 0.15) is 0 Å². The van der Waals surface area contributed by atoms with E-state index in [1.54, 1.807) is 12.1 Å². The lowest BCUT2D eigenvalue weighted by Gasteiger charge is -2.38. The first-order valence-corrected chi connectivity index (χ1v) is 12.7. The number of imidazole rings is 1. The van der Waals surface area contributed by atoms with Crippen LogP contribution < -0.4 is 5.32 Å². The molecule has 3 heterocycles.